The summed E-state index contributed by atoms with van der Waals surface area (Å²) in [6.07, 6.45) is 2.75. The Morgan fingerprint density at radius 1 is 1.21 bits per heavy atom. The fourth-order valence-corrected chi connectivity index (χ4v) is 3.20. The lowest BCUT2D eigenvalue weighted by Gasteiger charge is -2.32. The van der Waals surface area contributed by atoms with E-state index in [2.05, 4.69) is 33.2 Å². The van der Waals surface area contributed by atoms with Gasteiger partial charge in [-0.1, -0.05) is 52.7 Å². The van der Waals surface area contributed by atoms with Gasteiger partial charge in [0.1, 0.15) is 5.66 Å². The van der Waals surface area contributed by atoms with E-state index < -0.39 is 5.66 Å². The van der Waals surface area contributed by atoms with Crippen LogP contribution in [0.4, 0.5) is 0 Å². The van der Waals surface area contributed by atoms with Crippen molar-refractivity contribution in [3.8, 4) is 0 Å². The maximum Gasteiger partial charge on any atom is 0.195 e. The summed E-state index contributed by atoms with van der Waals surface area (Å²) < 4.78 is 0.986. The third-order valence-corrected chi connectivity index (χ3v) is 4.75. The minimum Gasteiger partial charge on any atom is -0.370 e. The summed E-state index contributed by atoms with van der Waals surface area (Å²) in [5.74, 6) is 0.278. The average molecular weight is 406 g/mol. The quantitative estimate of drug-likeness (QED) is 0.728. The third kappa shape index (κ3) is 3.34. The summed E-state index contributed by atoms with van der Waals surface area (Å²) in [6, 6.07) is 13.6. The van der Waals surface area contributed by atoms with Gasteiger partial charge in [0.25, 0.3) is 0 Å². The minimum atomic E-state index is -0.935. The fraction of sp³-hybridized carbons (Fsp3) is 0.167. The van der Waals surface area contributed by atoms with Crippen LogP contribution in [-0.4, -0.2) is 5.96 Å². The number of aryl methyl sites for hydroxylation is 1. The van der Waals surface area contributed by atoms with Crippen molar-refractivity contribution in [1.82, 2.24) is 5.32 Å². The van der Waals surface area contributed by atoms with Gasteiger partial charge in [-0.3, -0.25) is 0 Å². The Hall–Kier alpha value is -1.82. The molecule has 0 saturated carbocycles. The maximum atomic E-state index is 6.58. The van der Waals surface area contributed by atoms with Crippen LogP contribution in [0.2, 0.25) is 5.02 Å². The van der Waals surface area contributed by atoms with Crippen LogP contribution >= 0.6 is 27.5 Å². The summed E-state index contributed by atoms with van der Waals surface area (Å²) in [5.41, 5.74) is 15.4. The normalized spacial score (nSPS) is 20.2. The molecule has 0 amide bonds. The Morgan fingerprint density at radius 2 is 1.92 bits per heavy atom. The number of halogens is 2. The Bertz CT molecular complexity index is 829. The highest BCUT2D eigenvalue weighted by Gasteiger charge is 2.30. The first-order valence-corrected chi connectivity index (χ1v) is 8.77. The minimum absolute atomic E-state index is 0.278. The number of hydrogen-bond donors (Lipinski definition) is 3. The van der Waals surface area contributed by atoms with Crippen LogP contribution in [0.25, 0.3) is 5.70 Å². The van der Waals surface area contributed by atoms with E-state index in [1.54, 1.807) is 0 Å². The molecule has 1 atom stereocenters. The largest absolute Gasteiger partial charge is 0.370 e. The van der Waals surface area contributed by atoms with Gasteiger partial charge in [-0.2, -0.15) is 0 Å². The molecule has 0 radical (unpaired) electrons. The number of rotatable bonds is 3. The summed E-state index contributed by atoms with van der Waals surface area (Å²) in [7, 11) is 0. The number of hydrogen-bond acceptors (Lipinski definition) is 4. The zero-order valence-corrected chi connectivity index (χ0v) is 15.5. The Kier molecular flexibility index (Phi) is 4.67. The summed E-state index contributed by atoms with van der Waals surface area (Å²) in [5, 5.41) is 3.72. The topological polar surface area (TPSA) is 76.4 Å². The fourth-order valence-electron chi connectivity index (χ4n) is 2.77. The van der Waals surface area contributed by atoms with Crippen LogP contribution in [0.1, 0.15) is 23.6 Å². The summed E-state index contributed by atoms with van der Waals surface area (Å²) in [4.78, 5) is 4.44. The SMILES string of the molecule is CCc1ccc(Cl)cc1C1=CC(N)(c2ccc(Br)cc2)NC(N)=N1. The Balaban J connectivity index is 2.12. The molecule has 24 heavy (non-hydrogen) atoms. The lowest BCUT2D eigenvalue weighted by Crippen LogP contribution is -2.55. The maximum absolute atomic E-state index is 6.58. The van der Waals surface area contributed by atoms with Crippen molar-refractivity contribution >= 4 is 39.2 Å². The van der Waals surface area contributed by atoms with Gasteiger partial charge in [0.05, 0.1) is 5.70 Å². The van der Waals surface area contributed by atoms with E-state index in [9.17, 15) is 0 Å². The first-order chi connectivity index (χ1) is 11.4. The monoisotopic (exact) mass is 404 g/mol. The Morgan fingerprint density at radius 3 is 2.58 bits per heavy atom. The highest BCUT2D eigenvalue weighted by molar-refractivity contribution is 9.10. The van der Waals surface area contributed by atoms with E-state index in [0.29, 0.717) is 5.02 Å². The van der Waals surface area contributed by atoms with Crippen molar-refractivity contribution in [2.75, 3.05) is 0 Å². The van der Waals surface area contributed by atoms with Gasteiger partial charge in [-0.25, -0.2) is 4.99 Å². The number of nitrogens with zero attached hydrogens (tertiary/aromatic N) is 1. The molecule has 1 heterocycles. The van der Waals surface area contributed by atoms with Crippen molar-refractivity contribution in [3.05, 3.63) is 74.7 Å². The first kappa shape index (κ1) is 17.0. The molecule has 0 spiro atoms. The second-order valence-electron chi connectivity index (χ2n) is 5.68. The molecule has 4 nitrogen and oxygen atoms in total. The molecule has 0 fully saturated rings. The molecule has 1 unspecified atom stereocenters. The molecule has 1 aliphatic heterocycles. The molecule has 124 valence electrons. The average Bonchev–Trinajstić information content (AvgIpc) is 2.54. The number of guanidine groups is 1. The van der Waals surface area contributed by atoms with Crippen LogP contribution in [0, 0.1) is 0 Å². The van der Waals surface area contributed by atoms with Gasteiger partial charge < -0.3 is 16.8 Å². The van der Waals surface area contributed by atoms with Gasteiger partial charge in [0.2, 0.25) is 0 Å². The molecule has 2 aromatic rings. The van der Waals surface area contributed by atoms with E-state index in [4.69, 9.17) is 23.1 Å². The van der Waals surface area contributed by atoms with Crippen LogP contribution in [0.5, 0.6) is 0 Å². The smallest absolute Gasteiger partial charge is 0.195 e. The first-order valence-electron chi connectivity index (χ1n) is 7.60. The number of aliphatic imine (C=N–C) groups is 1. The highest BCUT2D eigenvalue weighted by Crippen LogP contribution is 2.31. The molecule has 5 N–H and O–H groups in total. The standard InChI is InChI=1S/C18H18BrClN4/c1-2-11-3-8-14(20)9-15(11)16-10-18(22,24-17(21)23-16)12-4-6-13(19)7-5-12/h3-10H,2,22H2,1H3,(H3,21,23,24). The molecule has 0 bridgehead atoms. The number of nitrogens with one attached hydrogen (secondary N) is 1. The molecule has 3 rings (SSSR count). The third-order valence-electron chi connectivity index (χ3n) is 3.99. The lowest BCUT2D eigenvalue weighted by atomic mass is 9.94. The number of nitrogens with two attached hydrogens (primary N) is 2. The Labute approximate surface area is 154 Å². The molecule has 6 heteroatoms. The molecular weight excluding hydrogens is 388 g/mol. The van der Waals surface area contributed by atoms with Gasteiger partial charge in [-0.05, 0) is 47.9 Å². The molecule has 0 aliphatic carbocycles. The van der Waals surface area contributed by atoms with Crippen molar-refractivity contribution in [2.24, 2.45) is 16.5 Å². The molecule has 2 aromatic carbocycles. The van der Waals surface area contributed by atoms with Crippen LogP contribution in [0.15, 0.2) is 58.0 Å². The van der Waals surface area contributed by atoms with Crippen LogP contribution in [-0.2, 0) is 12.1 Å². The highest BCUT2D eigenvalue weighted by atomic mass is 79.9. The van der Waals surface area contributed by atoms with Crippen LogP contribution in [0.3, 0.4) is 0 Å². The van der Waals surface area contributed by atoms with E-state index in [1.165, 1.54) is 0 Å². The van der Waals surface area contributed by atoms with E-state index in [0.717, 1.165) is 33.3 Å². The second kappa shape index (κ2) is 6.59. The number of benzene rings is 2. The van der Waals surface area contributed by atoms with E-state index in [1.807, 2.05) is 48.5 Å². The van der Waals surface area contributed by atoms with Gasteiger partial charge in [0, 0.05) is 15.1 Å². The predicted octanol–water partition coefficient (Wildman–Crippen LogP) is 3.74. The van der Waals surface area contributed by atoms with Crippen molar-refractivity contribution in [1.29, 1.82) is 0 Å². The molecule has 0 aromatic heterocycles. The van der Waals surface area contributed by atoms with E-state index >= 15 is 0 Å². The van der Waals surface area contributed by atoms with Crippen molar-refractivity contribution < 1.29 is 0 Å². The van der Waals surface area contributed by atoms with Gasteiger partial charge in [0.15, 0.2) is 5.96 Å². The molecular formula is C18H18BrClN4. The molecule has 0 saturated heterocycles. The summed E-state index contributed by atoms with van der Waals surface area (Å²) >= 11 is 9.61. The van der Waals surface area contributed by atoms with Gasteiger partial charge in [-0.15, -0.1) is 0 Å². The predicted molar refractivity (Wildman–Crippen MR) is 104 cm³/mol. The zero-order chi connectivity index (χ0) is 17.3. The second-order valence-corrected chi connectivity index (χ2v) is 7.03. The van der Waals surface area contributed by atoms with Gasteiger partial charge >= 0.3 is 0 Å². The summed E-state index contributed by atoms with van der Waals surface area (Å²) in [6.45, 7) is 2.09. The molecule has 1 aliphatic rings. The zero-order valence-electron chi connectivity index (χ0n) is 13.2. The van der Waals surface area contributed by atoms with Crippen molar-refractivity contribution in [2.45, 2.75) is 19.0 Å². The van der Waals surface area contributed by atoms with E-state index in [-0.39, 0.29) is 5.96 Å². The lowest BCUT2D eigenvalue weighted by molar-refractivity contribution is 0.513. The van der Waals surface area contributed by atoms with Crippen LogP contribution < -0.4 is 16.8 Å². The van der Waals surface area contributed by atoms with Crippen molar-refractivity contribution in [3.63, 3.8) is 0 Å².